The fourth-order valence-corrected chi connectivity index (χ4v) is 3.30. The van der Waals surface area contributed by atoms with Crippen LogP contribution in [-0.2, 0) is 0 Å². The van der Waals surface area contributed by atoms with E-state index in [2.05, 4.69) is 43.4 Å². The Balaban J connectivity index is 0.00000150. The van der Waals surface area contributed by atoms with E-state index in [4.69, 9.17) is 14.4 Å². The zero-order valence-corrected chi connectivity index (χ0v) is 18.4. The van der Waals surface area contributed by atoms with E-state index >= 15 is 0 Å². The number of fused-ring (bicyclic) bond motifs is 2. The Bertz CT molecular complexity index is 1090. The molecule has 0 atom stereocenters. The van der Waals surface area contributed by atoms with Crippen molar-refractivity contribution in [2.75, 3.05) is 32.5 Å². The highest BCUT2D eigenvalue weighted by atomic mass is 35.5. The first kappa shape index (κ1) is 22.9. The van der Waals surface area contributed by atoms with E-state index in [1.54, 1.807) is 0 Å². The van der Waals surface area contributed by atoms with Crippen molar-refractivity contribution in [1.29, 1.82) is 0 Å². The fraction of sp³-hybridized carbons (Fsp3) is 0.273. The second-order valence-electron chi connectivity index (χ2n) is 7.05. The number of hydrogen-bond acceptors (Lipinski definition) is 5. The minimum absolute atomic E-state index is 0. The lowest BCUT2D eigenvalue weighted by atomic mass is 10.1. The van der Waals surface area contributed by atoms with E-state index < -0.39 is 0 Å². The molecule has 0 radical (unpaired) electrons. The third-order valence-corrected chi connectivity index (χ3v) is 4.72. The number of halogens is 2. The van der Waals surface area contributed by atoms with Crippen molar-refractivity contribution in [3.05, 3.63) is 54.1 Å². The Morgan fingerprint density at radius 1 is 0.931 bits per heavy atom. The summed E-state index contributed by atoms with van der Waals surface area (Å²) in [5, 5.41) is 5.62. The third-order valence-electron chi connectivity index (χ3n) is 4.72. The SMILES string of the molecule is Cc1c(-c2nc(NCCCN(C)C)c3ccccc3n2)oc2ccccc12.Cl.Cl. The predicted molar refractivity (Wildman–Crippen MR) is 126 cm³/mol. The summed E-state index contributed by atoms with van der Waals surface area (Å²) in [6, 6.07) is 16.1. The van der Waals surface area contributed by atoms with Gasteiger partial charge in [0.1, 0.15) is 11.4 Å². The fourth-order valence-electron chi connectivity index (χ4n) is 3.30. The quantitative estimate of drug-likeness (QED) is 0.404. The molecule has 0 aliphatic carbocycles. The summed E-state index contributed by atoms with van der Waals surface area (Å²) in [5.41, 5.74) is 2.85. The molecule has 154 valence electrons. The summed E-state index contributed by atoms with van der Waals surface area (Å²) in [6.07, 6.45) is 1.05. The molecule has 0 aliphatic rings. The highest BCUT2D eigenvalue weighted by molar-refractivity contribution is 5.92. The van der Waals surface area contributed by atoms with E-state index in [0.717, 1.165) is 58.5 Å². The summed E-state index contributed by atoms with van der Waals surface area (Å²) >= 11 is 0. The maximum Gasteiger partial charge on any atom is 0.198 e. The van der Waals surface area contributed by atoms with Gasteiger partial charge in [-0.3, -0.25) is 0 Å². The standard InChI is InChI=1S/C22H24N4O.2ClH/c1-15-16-9-5-7-12-19(16)27-20(15)22-24-18-11-6-4-10-17(18)21(25-22)23-13-8-14-26(2)3;;/h4-7,9-12H,8,13-14H2,1-3H3,(H,23,24,25);2*1H. The lowest BCUT2D eigenvalue weighted by molar-refractivity contribution is 0.405. The number of nitrogens with one attached hydrogen (secondary N) is 1. The van der Waals surface area contributed by atoms with Crippen molar-refractivity contribution < 1.29 is 4.42 Å². The maximum absolute atomic E-state index is 6.09. The van der Waals surface area contributed by atoms with Crippen molar-refractivity contribution in [3.63, 3.8) is 0 Å². The van der Waals surface area contributed by atoms with Gasteiger partial charge in [-0.25, -0.2) is 9.97 Å². The van der Waals surface area contributed by atoms with Gasteiger partial charge in [-0.05, 0) is 52.2 Å². The van der Waals surface area contributed by atoms with Crippen LogP contribution in [0.1, 0.15) is 12.0 Å². The molecule has 29 heavy (non-hydrogen) atoms. The first-order chi connectivity index (χ1) is 13.1. The second-order valence-corrected chi connectivity index (χ2v) is 7.05. The summed E-state index contributed by atoms with van der Waals surface area (Å²) in [6.45, 7) is 3.95. The number of aryl methyl sites for hydroxylation is 1. The largest absolute Gasteiger partial charge is 0.452 e. The smallest absolute Gasteiger partial charge is 0.198 e. The van der Waals surface area contributed by atoms with Crippen LogP contribution in [0.4, 0.5) is 5.82 Å². The maximum atomic E-state index is 6.09. The molecule has 4 aromatic rings. The molecule has 2 aromatic heterocycles. The molecule has 0 fully saturated rings. The predicted octanol–water partition coefficient (Wildman–Crippen LogP) is 5.56. The van der Waals surface area contributed by atoms with Gasteiger partial charge in [0.15, 0.2) is 11.6 Å². The molecule has 0 saturated carbocycles. The lowest BCUT2D eigenvalue weighted by Crippen LogP contribution is -2.16. The van der Waals surface area contributed by atoms with Gasteiger partial charge in [0.05, 0.1) is 5.52 Å². The van der Waals surface area contributed by atoms with Gasteiger partial charge in [0.25, 0.3) is 0 Å². The van der Waals surface area contributed by atoms with Crippen LogP contribution in [0.25, 0.3) is 33.5 Å². The molecule has 5 nitrogen and oxygen atoms in total. The van der Waals surface area contributed by atoms with Gasteiger partial charge in [-0.15, -0.1) is 24.8 Å². The Hall–Kier alpha value is -2.34. The molecule has 0 saturated heterocycles. The zero-order valence-electron chi connectivity index (χ0n) is 16.8. The number of hydrogen-bond donors (Lipinski definition) is 1. The van der Waals surface area contributed by atoms with Crippen LogP contribution in [0.15, 0.2) is 52.9 Å². The summed E-state index contributed by atoms with van der Waals surface area (Å²) < 4.78 is 6.09. The van der Waals surface area contributed by atoms with Crippen molar-refractivity contribution in [1.82, 2.24) is 14.9 Å². The molecular weight excluding hydrogens is 407 g/mol. The number of para-hydroxylation sites is 2. The lowest BCUT2D eigenvalue weighted by Gasteiger charge is -2.12. The van der Waals surface area contributed by atoms with Gasteiger partial charge in [0, 0.05) is 22.9 Å². The molecule has 2 aromatic carbocycles. The Morgan fingerprint density at radius 3 is 2.34 bits per heavy atom. The molecule has 1 N–H and O–H groups in total. The first-order valence-corrected chi connectivity index (χ1v) is 9.27. The average molecular weight is 433 g/mol. The number of furan rings is 1. The van der Waals surface area contributed by atoms with E-state index in [-0.39, 0.29) is 24.8 Å². The van der Waals surface area contributed by atoms with Crippen LogP contribution in [0, 0.1) is 6.92 Å². The van der Waals surface area contributed by atoms with Crippen LogP contribution in [0.3, 0.4) is 0 Å². The van der Waals surface area contributed by atoms with Crippen LogP contribution >= 0.6 is 24.8 Å². The molecule has 4 rings (SSSR count). The molecule has 0 spiro atoms. The van der Waals surface area contributed by atoms with Gasteiger partial charge in [0.2, 0.25) is 0 Å². The molecule has 0 unspecified atom stereocenters. The molecule has 0 amide bonds. The van der Waals surface area contributed by atoms with Gasteiger partial charge < -0.3 is 14.6 Å². The molecular formula is C22H26Cl2N4O. The summed E-state index contributed by atoms with van der Waals surface area (Å²) in [5.74, 6) is 2.21. The Kier molecular flexibility index (Phi) is 7.85. The zero-order chi connectivity index (χ0) is 18.8. The number of benzene rings is 2. The van der Waals surface area contributed by atoms with Crippen LogP contribution in [-0.4, -0.2) is 42.1 Å². The minimum atomic E-state index is 0. The molecule has 0 bridgehead atoms. The third kappa shape index (κ3) is 4.81. The number of nitrogens with zero attached hydrogens (tertiary/aromatic N) is 3. The van der Waals surface area contributed by atoms with E-state index in [1.807, 2.05) is 36.4 Å². The second kappa shape index (κ2) is 9.92. The van der Waals surface area contributed by atoms with E-state index in [9.17, 15) is 0 Å². The molecule has 7 heteroatoms. The highest BCUT2D eigenvalue weighted by Crippen LogP contribution is 2.33. The normalized spacial score (nSPS) is 10.8. The summed E-state index contributed by atoms with van der Waals surface area (Å²) in [7, 11) is 4.17. The van der Waals surface area contributed by atoms with E-state index in [1.165, 1.54) is 0 Å². The van der Waals surface area contributed by atoms with E-state index in [0.29, 0.717) is 5.82 Å². The number of anilines is 1. The topological polar surface area (TPSA) is 54.2 Å². The van der Waals surface area contributed by atoms with Gasteiger partial charge >= 0.3 is 0 Å². The molecule has 0 aliphatic heterocycles. The van der Waals surface area contributed by atoms with Gasteiger partial charge in [-0.1, -0.05) is 30.3 Å². The Morgan fingerprint density at radius 2 is 1.62 bits per heavy atom. The summed E-state index contributed by atoms with van der Waals surface area (Å²) in [4.78, 5) is 11.8. The number of aromatic nitrogens is 2. The van der Waals surface area contributed by atoms with Crippen LogP contribution in [0.5, 0.6) is 0 Å². The number of rotatable bonds is 6. The highest BCUT2D eigenvalue weighted by Gasteiger charge is 2.17. The van der Waals surface area contributed by atoms with Crippen LogP contribution in [0.2, 0.25) is 0 Å². The Labute approximate surface area is 183 Å². The molecule has 2 heterocycles. The van der Waals surface area contributed by atoms with Gasteiger partial charge in [-0.2, -0.15) is 0 Å². The monoisotopic (exact) mass is 432 g/mol. The van der Waals surface area contributed by atoms with Crippen molar-refractivity contribution in [3.8, 4) is 11.6 Å². The van der Waals surface area contributed by atoms with Crippen molar-refractivity contribution >= 4 is 52.5 Å². The van der Waals surface area contributed by atoms with Crippen molar-refractivity contribution in [2.45, 2.75) is 13.3 Å². The first-order valence-electron chi connectivity index (χ1n) is 9.27. The minimum Gasteiger partial charge on any atom is -0.452 e. The average Bonchev–Trinajstić information content (AvgIpc) is 3.02. The van der Waals surface area contributed by atoms with Crippen molar-refractivity contribution in [2.24, 2.45) is 0 Å². The van der Waals surface area contributed by atoms with Crippen LogP contribution < -0.4 is 5.32 Å².